The van der Waals surface area contributed by atoms with Crippen LogP contribution in [0.3, 0.4) is 0 Å². The number of nitrogens with zero attached hydrogens (tertiary/aromatic N) is 3. The van der Waals surface area contributed by atoms with Crippen LogP contribution in [0.5, 0.6) is 0 Å². The molecule has 0 unspecified atom stereocenters. The minimum Gasteiger partial charge on any atom is -0.477 e. The summed E-state index contributed by atoms with van der Waals surface area (Å²) in [6.07, 6.45) is 6.30. The van der Waals surface area contributed by atoms with E-state index in [4.69, 9.17) is 0 Å². The SMILES string of the molecule is CC(C)n1c(C(=O)O)cnc1N1CCCCCC1. The van der Waals surface area contributed by atoms with E-state index < -0.39 is 5.97 Å². The molecule has 0 aliphatic carbocycles. The third-order valence-electron chi connectivity index (χ3n) is 3.40. The molecule has 1 fully saturated rings. The molecule has 0 atom stereocenters. The minimum atomic E-state index is -0.905. The van der Waals surface area contributed by atoms with Crippen molar-refractivity contribution in [2.24, 2.45) is 0 Å². The first-order chi connectivity index (χ1) is 8.61. The minimum absolute atomic E-state index is 0.108. The molecular formula is C13H21N3O2. The first-order valence-electron chi connectivity index (χ1n) is 6.66. The standard InChI is InChI=1S/C13H21N3O2/c1-10(2)16-11(12(17)18)9-14-13(16)15-7-5-3-4-6-8-15/h9-10H,3-8H2,1-2H3,(H,17,18). The third kappa shape index (κ3) is 2.49. The smallest absolute Gasteiger partial charge is 0.354 e. The lowest BCUT2D eigenvalue weighted by atomic mass is 10.2. The summed E-state index contributed by atoms with van der Waals surface area (Å²) in [5.41, 5.74) is 0.282. The molecule has 0 aromatic carbocycles. The fourth-order valence-electron chi connectivity index (χ4n) is 2.52. The van der Waals surface area contributed by atoms with Gasteiger partial charge in [0.1, 0.15) is 5.69 Å². The van der Waals surface area contributed by atoms with Gasteiger partial charge in [-0.2, -0.15) is 0 Å². The molecule has 18 heavy (non-hydrogen) atoms. The Balaban J connectivity index is 2.34. The van der Waals surface area contributed by atoms with Gasteiger partial charge in [0.25, 0.3) is 0 Å². The Morgan fingerprint density at radius 1 is 1.28 bits per heavy atom. The average molecular weight is 251 g/mol. The molecule has 2 heterocycles. The summed E-state index contributed by atoms with van der Waals surface area (Å²) >= 11 is 0. The van der Waals surface area contributed by atoms with Crippen LogP contribution in [0.25, 0.3) is 0 Å². The van der Waals surface area contributed by atoms with Gasteiger partial charge in [0.2, 0.25) is 5.95 Å². The van der Waals surface area contributed by atoms with Gasteiger partial charge in [-0.25, -0.2) is 9.78 Å². The lowest BCUT2D eigenvalue weighted by Gasteiger charge is -2.24. The maximum absolute atomic E-state index is 11.2. The molecule has 1 N–H and O–H groups in total. The molecule has 0 saturated carbocycles. The Kier molecular flexibility index (Phi) is 3.89. The maximum Gasteiger partial charge on any atom is 0.354 e. The summed E-state index contributed by atoms with van der Waals surface area (Å²) in [6.45, 7) is 5.94. The third-order valence-corrected chi connectivity index (χ3v) is 3.40. The predicted octanol–water partition coefficient (Wildman–Crippen LogP) is 2.54. The molecule has 2 rings (SSSR count). The van der Waals surface area contributed by atoms with Gasteiger partial charge in [0.05, 0.1) is 6.20 Å². The van der Waals surface area contributed by atoms with E-state index in [1.54, 1.807) is 0 Å². The van der Waals surface area contributed by atoms with E-state index in [0.29, 0.717) is 0 Å². The zero-order valence-corrected chi connectivity index (χ0v) is 11.1. The zero-order valence-electron chi connectivity index (χ0n) is 11.1. The number of carboxylic acid groups (broad SMARTS) is 1. The van der Waals surface area contributed by atoms with Gasteiger partial charge in [0, 0.05) is 19.1 Å². The summed E-state index contributed by atoms with van der Waals surface area (Å²) in [7, 11) is 0. The van der Waals surface area contributed by atoms with E-state index in [1.165, 1.54) is 19.0 Å². The van der Waals surface area contributed by atoms with Crippen LogP contribution in [-0.2, 0) is 0 Å². The molecule has 1 aliphatic rings. The van der Waals surface area contributed by atoms with Gasteiger partial charge < -0.3 is 14.6 Å². The number of rotatable bonds is 3. The number of anilines is 1. The van der Waals surface area contributed by atoms with Crippen molar-refractivity contribution in [2.75, 3.05) is 18.0 Å². The monoisotopic (exact) mass is 251 g/mol. The second kappa shape index (κ2) is 5.42. The zero-order chi connectivity index (χ0) is 13.1. The largest absolute Gasteiger partial charge is 0.477 e. The van der Waals surface area contributed by atoms with Crippen LogP contribution in [0, 0.1) is 0 Å². The lowest BCUT2D eigenvalue weighted by Crippen LogP contribution is -2.28. The van der Waals surface area contributed by atoms with Crippen LogP contribution in [0.15, 0.2) is 6.20 Å². The number of hydrogen-bond acceptors (Lipinski definition) is 3. The molecule has 100 valence electrons. The van der Waals surface area contributed by atoms with Crippen LogP contribution in [0.4, 0.5) is 5.95 Å². The van der Waals surface area contributed by atoms with Crippen molar-refractivity contribution in [3.05, 3.63) is 11.9 Å². The highest BCUT2D eigenvalue weighted by Gasteiger charge is 2.22. The Hall–Kier alpha value is -1.52. The Morgan fingerprint density at radius 2 is 1.89 bits per heavy atom. The summed E-state index contributed by atoms with van der Waals surface area (Å²) < 4.78 is 1.83. The van der Waals surface area contributed by atoms with Crippen LogP contribution in [-0.4, -0.2) is 33.7 Å². The Morgan fingerprint density at radius 3 is 2.39 bits per heavy atom. The van der Waals surface area contributed by atoms with E-state index in [0.717, 1.165) is 31.9 Å². The maximum atomic E-state index is 11.2. The summed E-state index contributed by atoms with van der Waals surface area (Å²) in [6, 6.07) is 0.108. The van der Waals surface area contributed by atoms with Crippen LogP contribution in [0.2, 0.25) is 0 Å². The molecule has 0 amide bonds. The quantitative estimate of drug-likeness (QED) is 0.897. The summed E-state index contributed by atoms with van der Waals surface area (Å²) in [5.74, 6) is -0.0958. The number of hydrogen-bond donors (Lipinski definition) is 1. The van der Waals surface area contributed by atoms with Crippen molar-refractivity contribution in [1.82, 2.24) is 9.55 Å². The summed E-state index contributed by atoms with van der Waals surface area (Å²) in [4.78, 5) is 17.8. The van der Waals surface area contributed by atoms with Gasteiger partial charge >= 0.3 is 5.97 Å². The second-order valence-corrected chi connectivity index (χ2v) is 5.11. The highest BCUT2D eigenvalue weighted by atomic mass is 16.4. The van der Waals surface area contributed by atoms with Crippen LogP contribution < -0.4 is 4.90 Å². The molecule has 0 spiro atoms. The van der Waals surface area contributed by atoms with E-state index in [-0.39, 0.29) is 11.7 Å². The van der Waals surface area contributed by atoms with Crippen molar-refractivity contribution < 1.29 is 9.90 Å². The first kappa shape index (κ1) is 12.9. The van der Waals surface area contributed by atoms with E-state index in [9.17, 15) is 9.90 Å². The molecule has 0 bridgehead atoms. The number of imidazole rings is 1. The Labute approximate surface area is 107 Å². The lowest BCUT2D eigenvalue weighted by molar-refractivity contribution is 0.0683. The van der Waals surface area contributed by atoms with Crippen molar-refractivity contribution in [3.63, 3.8) is 0 Å². The van der Waals surface area contributed by atoms with Crippen LogP contribution in [0.1, 0.15) is 56.1 Å². The highest BCUT2D eigenvalue weighted by Crippen LogP contribution is 2.23. The van der Waals surface area contributed by atoms with Crippen LogP contribution >= 0.6 is 0 Å². The normalized spacial score (nSPS) is 16.9. The van der Waals surface area contributed by atoms with Crippen molar-refractivity contribution in [2.45, 2.75) is 45.6 Å². The van der Waals surface area contributed by atoms with E-state index in [1.807, 2.05) is 18.4 Å². The number of aromatic nitrogens is 2. The topological polar surface area (TPSA) is 58.4 Å². The fourth-order valence-corrected chi connectivity index (χ4v) is 2.52. The number of carboxylic acids is 1. The van der Waals surface area contributed by atoms with Crippen molar-refractivity contribution >= 4 is 11.9 Å². The molecule has 1 aromatic heterocycles. The molecule has 0 radical (unpaired) electrons. The predicted molar refractivity (Wildman–Crippen MR) is 70.3 cm³/mol. The average Bonchev–Trinajstić information content (AvgIpc) is 2.59. The van der Waals surface area contributed by atoms with E-state index in [2.05, 4.69) is 9.88 Å². The molecule has 1 saturated heterocycles. The first-order valence-corrected chi connectivity index (χ1v) is 6.66. The molecule has 1 aromatic rings. The molecule has 1 aliphatic heterocycles. The number of aromatic carboxylic acids is 1. The molecule has 5 nitrogen and oxygen atoms in total. The Bertz CT molecular complexity index is 418. The van der Waals surface area contributed by atoms with Crippen molar-refractivity contribution in [1.29, 1.82) is 0 Å². The van der Waals surface area contributed by atoms with Gasteiger partial charge in [-0.15, -0.1) is 0 Å². The van der Waals surface area contributed by atoms with Crippen molar-refractivity contribution in [3.8, 4) is 0 Å². The van der Waals surface area contributed by atoms with Gasteiger partial charge in [-0.3, -0.25) is 0 Å². The highest BCUT2D eigenvalue weighted by molar-refractivity contribution is 5.86. The number of carbonyl (C=O) groups is 1. The van der Waals surface area contributed by atoms with Gasteiger partial charge in [-0.05, 0) is 26.7 Å². The summed E-state index contributed by atoms with van der Waals surface area (Å²) in [5, 5.41) is 9.20. The molecular weight excluding hydrogens is 230 g/mol. The van der Waals surface area contributed by atoms with Gasteiger partial charge in [-0.1, -0.05) is 12.8 Å². The fraction of sp³-hybridized carbons (Fsp3) is 0.692. The molecule has 5 heteroatoms. The van der Waals surface area contributed by atoms with Gasteiger partial charge in [0.15, 0.2) is 0 Å². The second-order valence-electron chi connectivity index (χ2n) is 5.11. The van der Waals surface area contributed by atoms with E-state index >= 15 is 0 Å².